The summed E-state index contributed by atoms with van der Waals surface area (Å²) in [6.07, 6.45) is -4.17. The molecule has 2 rings (SSSR count). The highest BCUT2D eigenvalue weighted by molar-refractivity contribution is 5.69. The van der Waals surface area contributed by atoms with Crippen LogP contribution in [0.5, 0.6) is 0 Å². The van der Waals surface area contributed by atoms with Crippen molar-refractivity contribution in [2.45, 2.75) is 25.2 Å². The van der Waals surface area contributed by atoms with Crippen LogP contribution in [0.4, 0.5) is 28.9 Å². The molecular weight excluding hydrogens is 248 g/mol. The summed E-state index contributed by atoms with van der Waals surface area (Å²) < 4.78 is 50.7. The van der Waals surface area contributed by atoms with Crippen LogP contribution in [0, 0.1) is 0 Å². The smallest absolute Gasteiger partial charge is 0.397 e. The zero-order chi connectivity index (χ0) is 13.3. The van der Waals surface area contributed by atoms with E-state index >= 15 is 0 Å². The van der Waals surface area contributed by atoms with Crippen molar-refractivity contribution in [2.24, 2.45) is 0 Å². The summed E-state index contributed by atoms with van der Waals surface area (Å²) in [7, 11) is 0. The Bertz CT molecular complexity index is 431. The van der Waals surface area contributed by atoms with Crippen molar-refractivity contribution >= 4 is 11.4 Å². The van der Waals surface area contributed by atoms with Crippen LogP contribution in [0.25, 0.3) is 0 Å². The highest BCUT2D eigenvalue weighted by atomic mass is 19.4. The second kappa shape index (κ2) is 4.66. The van der Waals surface area contributed by atoms with E-state index in [0.717, 1.165) is 12.1 Å². The molecule has 0 aromatic heterocycles. The Morgan fingerprint density at radius 1 is 1.28 bits per heavy atom. The van der Waals surface area contributed by atoms with E-state index in [1.54, 1.807) is 4.90 Å². The van der Waals surface area contributed by atoms with E-state index in [-0.39, 0.29) is 12.2 Å². The zero-order valence-electron chi connectivity index (χ0n) is 9.67. The minimum atomic E-state index is -4.41. The third-order valence-corrected chi connectivity index (χ3v) is 3.06. The normalized spacial score (nSPS) is 21.1. The zero-order valence-corrected chi connectivity index (χ0v) is 9.67. The Morgan fingerprint density at radius 2 is 2.00 bits per heavy atom. The molecule has 2 nitrogen and oxygen atoms in total. The average molecular weight is 262 g/mol. The summed E-state index contributed by atoms with van der Waals surface area (Å²) in [4.78, 5) is 1.70. The Hall–Kier alpha value is -1.46. The van der Waals surface area contributed by atoms with Crippen molar-refractivity contribution in [3.63, 3.8) is 0 Å². The molecule has 1 saturated heterocycles. The van der Waals surface area contributed by atoms with E-state index in [2.05, 4.69) is 0 Å². The second-order valence-electron chi connectivity index (χ2n) is 4.46. The summed E-state index contributed by atoms with van der Waals surface area (Å²) in [5.41, 5.74) is 5.37. The first kappa shape index (κ1) is 13.0. The first-order valence-corrected chi connectivity index (χ1v) is 5.73. The Labute approximate surface area is 102 Å². The van der Waals surface area contributed by atoms with Crippen LogP contribution in [-0.2, 0) is 6.18 Å². The van der Waals surface area contributed by atoms with Crippen LogP contribution in [-0.4, -0.2) is 19.3 Å². The molecule has 1 fully saturated rings. The lowest BCUT2D eigenvalue weighted by molar-refractivity contribution is -0.137. The number of rotatable bonds is 1. The molecule has 1 aromatic carbocycles. The number of nitrogen functional groups attached to an aromatic ring is 1. The molecule has 1 atom stereocenters. The van der Waals surface area contributed by atoms with Gasteiger partial charge in [0.2, 0.25) is 0 Å². The molecule has 18 heavy (non-hydrogen) atoms. The minimum absolute atomic E-state index is 0.0407. The number of alkyl halides is 4. The number of hydrogen-bond acceptors (Lipinski definition) is 2. The lowest BCUT2D eigenvalue weighted by Crippen LogP contribution is -2.36. The molecule has 0 saturated carbocycles. The minimum Gasteiger partial charge on any atom is -0.397 e. The summed E-state index contributed by atoms with van der Waals surface area (Å²) in [6, 6.07) is 3.20. The topological polar surface area (TPSA) is 29.3 Å². The molecule has 0 aliphatic carbocycles. The maximum atomic E-state index is 13.3. The molecule has 6 heteroatoms. The van der Waals surface area contributed by atoms with Crippen molar-refractivity contribution in [3.8, 4) is 0 Å². The largest absolute Gasteiger partial charge is 0.416 e. The number of halogens is 4. The van der Waals surface area contributed by atoms with Gasteiger partial charge in [0.1, 0.15) is 6.17 Å². The summed E-state index contributed by atoms with van der Waals surface area (Å²) in [5, 5.41) is 0. The molecule has 0 radical (unpaired) electrons. The molecule has 0 bridgehead atoms. The van der Waals surface area contributed by atoms with Gasteiger partial charge in [-0.2, -0.15) is 13.2 Å². The van der Waals surface area contributed by atoms with Gasteiger partial charge in [-0.15, -0.1) is 0 Å². The van der Waals surface area contributed by atoms with Gasteiger partial charge in [0, 0.05) is 13.1 Å². The van der Waals surface area contributed by atoms with E-state index in [1.165, 1.54) is 6.07 Å². The van der Waals surface area contributed by atoms with Crippen LogP contribution < -0.4 is 10.6 Å². The Balaban J connectivity index is 2.24. The summed E-state index contributed by atoms with van der Waals surface area (Å²) in [6.45, 7) is 0.811. The van der Waals surface area contributed by atoms with E-state index in [9.17, 15) is 17.6 Å². The first-order chi connectivity index (χ1) is 8.38. The summed E-state index contributed by atoms with van der Waals surface area (Å²) >= 11 is 0. The second-order valence-corrected chi connectivity index (χ2v) is 4.46. The molecule has 1 aliphatic heterocycles. The number of nitrogens with zero attached hydrogens (tertiary/aromatic N) is 1. The SMILES string of the molecule is Nc1cc(C(F)(F)F)ccc1N1CCCC(F)C1. The van der Waals surface area contributed by atoms with Gasteiger partial charge < -0.3 is 10.6 Å². The van der Waals surface area contributed by atoms with Gasteiger partial charge in [0.25, 0.3) is 0 Å². The van der Waals surface area contributed by atoms with Gasteiger partial charge in [-0.1, -0.05) is 0 Å². The molecule has 0 amide bonds. The number of nitrogens with two attached hydrogens (primary N) is 1. The van der Waals surface area contributed by atoms with E-state index in [4.69, 9.17) is 5.73 Å². The van der Waals surface area contributed by atoms with Crippen molar-refractivity contribution in [1.29, 1.82) is 0 Å². The van der Waals surface area contributed by atoms with E-state index < -0.39 is 17.9 Å². The van der Waals surface area contributed by atoms with Gasteiger partial charge in [-0.25, -0.2) is 4.39 Å². The number of benzene rings is 1. The van der Waals surface area contributed by atoms with Crippen LogP contribution in [0.1, 0.15) is 18.4 Å². The van der Waals surface area contributed by atoms with Gasteiger partial charge >= 0.3 is 6.18 Å². The highest BCUT2D eigenvalue weighted by Crippen LogP contribution is 2.34. The van der Waals surface area contributed by atoms with Gasteiger partial charge in [0.15, 0.2) is 0 Å². The maximum Gasteiger partial charge on any atom is 0.416 e. The van der Waals surface area contributed by atoms with Crippen molar-refractivity contribution < 1.29 is 17.6 Å². The highest BCUT2D eigenvalue weighted by Gasteiger charge is 2.31. The van der Waals surface area contributed by atoms with Crippen LogP contribution >= 0.6 is 0 Å². The lowest BCUT2D eigenvalue weighted by atomic mass is 10.1. The van der Waals surface area contributed by atoms with Gasteiger partial charge in [-0.05, 0) is 31.0 Å². The van der Waals surface area contributed by atoms with E-state index in [1.807, 2.05) is 0 Å². The fraction of sp³-hybridized carbons (Fsp3) is 0.500. The molecule has 1 unspecified atom stereocenters. The number of anilines is 2. The maximum absolute atomic E-state index is 13.3. The molecule has 1 aliphatic rings. The third kappa shape index (κ3) is 2.68. The molecule has 100 valence electrons. The quantitative estimate of drug-likeness (QED) is 0.622. The van der Waals surface area contributed by atoms with Gasteiger partial charge in [0.05, 0.1) is 16.9 Å². The Kier molecular flexibility index (Phi) is 3.36. The van der Waals surface area contributed by atoms with Crippen LogP contribution in [0.3, 0.4) is 0 Å². The predicted octanol–water partition coefficient (Wildman–Crippen LogP) is 3.23. The van der Waals surface area contributed by atoms with Crippen molar-refractivity contribution in [2.75, 3.05) is 23.7 Å². The number of hydrogen-bond donors (Lipinski definition) is 1. The van der Waals surface area contributed by atoms with Crippen LogP contribution in [0.2, 0.25) is 0 Å². The van der Waals surface area contributed by atoms with E-state index in [0.29, 0.717) is 25.1 Å². The molecule has 0 spiro atoms. The van der Waals surface area contributed by atoms with Crippen LogP contribution in [0.15, 0.2) is 18.2 Å². The molecule has 2 N–H and O–H groups in total. The monoisotopic (exact) mass is 262 g/mol. The van der Waals surface area contributed by atoms with Gasteiger partial charge in [-0.3, -0.25) is 0 Å². The molecule has 1 heterocycles. The average Bonchev–Trinajstić information content (AvgIpc) is 2.27. The third-order valence-electron chi connectivity index (χ3n) is 3.06. The fourth-order valence-corrected chi connectivity index (χ4v) is 2.16. The Morgan fingerprint density at radius 3 is 2.56 bits per heavy atom. The fourth-order valence-electron chi connectivity index (χ4n) is 2.16. The lowest BCUT2D eigenvalue weighted by Gasteiger charge is -2.32. The van der Waals surface area contributed by atoms with Crippen molar-refractivity contribution in [3.05, 3.63) is 23.8 Å². The predicted molar refractivity (Wildman–Crippen MR) is 62.2 cm³/mol. The number of piperidine rings is 1. The molecule has 1 aromatic rings. The first-order valence-electron chi connectivity index (χ1n) is 5.73. The summed E-state index contributed by atoms with van der Waals surface area (Å²) in [5.74, 6) is 0. The van der Waals surface area contributed by atoms with Crippen molar-refractivity contribution in [1.82, 2.24) is 0 Å². The standard InChI is InChI=1S/C12H14F4N2/c13-9-2-1-5-18(7-9)11-4-3-8(6-10(11)17)12(14,15)16/h3-4,6,9H,1-2,5,7,17H2. The molecular formula is C12H14F4N2.